The molecular formula is C20H21ClN2O4. The van der Waals surface area contributed by atoms with Crippen molar-refractivity contribution in [2.75, 3.05) is 19.0 Å². The molecule has 2 amide bonds. The number of carbonyl (C=O) groups is 2. The molecule has 0 bridgehead atoms. The standard InChI is InChI=1S/C20H21ClN2O4/c1-12-5-7-17(24)15(10-12)22-19(25)16-4-3-9-23(16)20(26)14-11-13(21)6-8-18(14)27-2/h5-8,10-11,16,24H,3-4,9H2,1-2H3,(H,22,25). The number of benzene rings is 2. The van der Waals surface area contributed by atoms with Crippen LogP contribution in [0.2, 0.25) is 5.02 Å². The summed E-state index contributed by atoms with van der Waals surface area (Å²) in [4.78, 5) is 27.3. The summed E-state index contributed by atoms with van der Waals surface area (Å²) in [7, 11) is 1.48. The van der Waals surface area contributed by atoms with Crippen LogP contribution in [0.5, 0.6) is 11.5 Å². The third kappa shape index (κ3) is 4.01. The molecule has 0 radical (unpaired) electrons. The van der Waals surface area contributed by atoms with Gasteiger partial charge in [0.05, 0.1) is 18.4 Å². The van der Waals surface area contributed by atoms with Gasteiger partial charge in [-0.1, -0.05) is 17.7 Å². The fourth-order valence-electron chi connectivity index (χ4n) is 3.25. The zero-order valence-electron chi connectivity index (χ0n) is 15.2. The summed E-state index contributed by atoms with van der Waals surface area (Å²) in [5, 5.41) is 13.1. The highest BCUT2D eigenvalue weighted by Gasteiger charge is 2.35. The van der Waals surface area contributed by atoms with E-state index >= 15 is 0 Å². The topological polar surface area (TPSA) is 78.9 Å². The van der Waals surface area contributed by atoms with Crippen LogP contribution >= 0.6 is 11.6 Å². The molecule has 1 aliphatic rings. The van der Waals surface area contributed by atoms with Gasteiger partial charge in [0, 0.05) is 11.6 Å². The maximum absolute atomic E-state index is 13.0. The molecule has 27 heavy (non-hydrogen) atoms. The van der Waals surface area contributed by atoms with Crippen molar-refractivity contribution >= 4 is 29.1 Å². The summed E-state index contributed by atoms with van der Waals surface area (Å²) < 4.78 is 5.26. The van der Waals surface area contributed by atoms with Crippen LogP contribution in [0.3, 0.4) is 0 Å². The molecule has 1 fully saturated rings. The van der Waals surface area contributed by atoms with Crippen LogP contribution in [0.15, 0.2) is 36.4 Å². The summed E-state index contributed by atoms with van der Waals surface area (Å²) in [5.41, 5.74) is 1.56. The summed E-state index contributed by atoms with van der Waals surface area (Å²) >= 11 is 6.03. The highest BCUT2D eigenvalue weighted by Crippen LogP contribution is 2.29. The van der Waals surface area contributed by atoms with Crippen molar-refractivity contribution < 1.29 is 19.4 Å². The van der Waals surface area contributed by atoms with Gasteiger partial charge >= 0.3 is 0 Å². The molecule has 1 atom stereocenters. The lowest BCUT2D eigenvalue weighted by atomic mass is 10.1. The molecule has 2 aromatic rings. The Labute approximate surface area is 162 Å². The number of nitrogens with one attached hydrogen (secondary N) is 1. The number of likely N-dealkylation sites (tertiary alicyclic amines) is 1. The van der Waals surface area contributed by atoms with Crippen molar-refractivity contribution in [3.63, 3.8) is 0 Å². The maximum atomic E-state index is 13.0. The maximum Gasteiger partial charge on any atom is 0.258 e. The number of phenolic OH excluding ortho intramolecular Hbond substituents is 1. The lowest BCUT2D eigenvalue weighted by Crippen LogP contribution is -2.43. The summed E-state index contributed by atoms with van der Waals surface area (Å²) in [6.45, 7) is 2.33. The van der Waals surface area contributed by atoms with E-state index in [4.69, 9.17) is 16.3 Å². The minimum atomic E-state index is -0.624. The molecule has 1 unspecified atom stereocenters. The number of hydrogen-bond donors (Lipinski definition) is 2. The van der Waals surface area contributed by atoms with Crippen molar-refractivity contribution in [3.05, 3.63) is 52.5 Å². The number of carbonyl (C=O) groups excluding carboxylic acids is 2. The Morgan fingerprint density at radius 2 is 2.04 bits per heavy atom. The quantitative estimate of drug-likeness (QED) is 0.784. The fraction of sp³-hybridized carbons (Fsp3) is 0.300. The van der Waals surface area contributed by atoms with Gasteiger partial charge in [0.1, 0.15) is 17.5 Å². The number of aromatic hydroxyl groups is 1. The number of rotatable bonds is 4. The molecule has 2 N–H and O–H groups in total. The second-order valence-corrected chi connectivity index (χ2v) is 6.95. The normalized spacial score (nSPS) is 16.3. The number of halogens is 1. The number of ether oxygens (including phenoxy) is 1. The first kappa shape index (κ1) is 19.0. The van der Waals surface area contributed by atoms with E-state index in [1.165, 1.54) is 18.1 Å². The number of anilines is 1. The van der Waals surface area contributed by atoms with Crippen LogP contribution in [-0.2, 0) is 4.79 Å². The van der Waals surface area contributed by atoms with E-state index in [1.807, 2.05) is 6.92 Å². The average molecular weight is 389 g/mol. The third-order valence-electron chi connectivity index (χ3n) is 4.62. The van der Waals surface area contributed by atoms with Gasteiger partial charge in [-0.15, -0.1) is 0 Å². The molecule has 1 heterocycles. The first-order chi connectivity index (χ1) is 12.9. The number of amides is 2. The summed E-state index contributed by atoms with van der Waals surface area (Å²) in [6.07, 6.45) is 1.26. The van der Waals surface area contributed by atoms with Crippen LogP contribution in [-0.4, -0.2) is 41.5 Å². The zero-order chi connectivity index (χ0) is 19.6. The molecule has 3 rings (SSSR count). The zero-order valence-corrected chi connectivity index (χ0v) is 15.9. The monoisotopic (exact) mass is 388 g/mol. The lowest BCUT2D eigenvalue weighted by molar-refractivity contribution is -0.119. The average Bonchev–Trinajstić information content (AvgIpc) is 3.14. The molecule has 7 heteroatoms. The van der Waals surface area contributed by atoms with Crippen molar-refractivity contribution in [2.45, 2.75) is 25.8 Å². The SMILES string of the molecule is COc1ccc(Cl)cc1C(=O)N1CCCC1C(=O)Nc1cc(C)ccc1O. The molecule has 0 spiro atoms. The van der Waals surface area contributed by atoms with Gasteiger partial charge in [-0.25, -0.2) is 0 Å². The molecule has 1 saturated heterocycles. The minimum Gasteiger partial charge on any atom is -0.506 e. The van der Waals surface area contributed by atoms with Gasteiger partial charge in [0.15, 0.2) is 0 Å². The van der Waals surface area contributed by atoms with Gasteiger partial charge in [0.2, 0.25) is 5.91 Å². The minimum absolute atomic E-state index is 0.0127. The van der Waals surface area contributed by atoms with Crippen molar-refractivity contribution in [3.8, 4) is 11.5 Å². The smallest absolute Gasteiger partial charge is 0.258 e. The number of nitrogens with zero attached hydrogens (tertiary/aromatic N) is 1. The Hall–Kier alpha value is -2.73. The Bertz CT molecular complexity index is 884. The number of methoxy groups -OCH3 is 1. The Morgan fingerprint density at radius 1 is 1.26 bits per heavy atom. The van der Waals surface area contributed by atoms with E-state index in [2.05, 4.69) is 5.32 Å². The van der Waals surface area contributed by atoms with E-state index in [9.17, 15) is 14.7 Å². The van der Waals surface area contributed by atoms with Crippen LogP contribution in [0.4, 0.5) is 5.69 Å². The molecule has 0 aliphatic carbocycles. The van der Waals surface area contributed by atoms with Crippen molar-refractivity contribution in [2.24, 2.45) is 0 Å². The number of aryl methyl sites for hydroxylation is 1. The summed E-state index contributed by atoms with van der Waals surface area (Å²) in [6, 6.07) is 9.16. The highest BCUT2D eigenvalue weighted by molar-refractivity contribution is 6.31. The fourth-order valence-corrected chi connectivity index (χ4v) is 3.42. The highest BCUT2D eigenvalue weighted by atomic mass is 35.5. The van der Waals surface area contributed by atoms with Crippen molar-refractivity contribution in [1.82, 2.24) is 4.90 Å². The summed E-state index contributed by atoms with van der Waals surface area (Å²) in [5.74, 6) is -0.240. The van der Waals surface area contributed by atoms with E-state index in [1.54, 1.807) is 30.3 Å². The predicted molar refractivity (Wildman–Crippen MR) is 104 cm³/mol. The molecular weight excluding hydrogens is 368 g/mol. The third-order valence-corrected chi connectivity index (χ3v) is 4.85. The Morgan fingerprint density at radius 3 is 2.78 bits per heavy atom. The van der Waals surface area contributed by atoms with E-state index < -0.39 is 6.04 Å². The van der Waals surface area contributed by atoms with Gasteiger partial charge in [0.25, 0.3) is 5.91 Å². The van der Waals surface area contributed by atoms with Crippen LogP contribution in [0.25, 0.3) is 0 Å². The van der Waals surface area contributed by atoms with Gasteiger partial charge in [-0.05, 0) is 55.7 Å². The predicted octanol–water partition coefficient (Wildman–Crippen LogP) is 3.61. The largest absolute Gasteiger partial charge is 0.506 e. The molecule has 0 aromatic heterocycles. The van der Waals surface area contributed by atoms with Gasteiger partial charge < -0.3 is 20.1 Å². The van der Waals surface area contributed by atoms with Crippen LogP contribution in [0.1, 0.15) is 28.8 Å². The van der Waals surface area contributed by atoms with Gasteiger partial charge in [-0.2, -0.15) is 0 Å². The Balaban J connectivity index is 1.82. The van der Waals surface area contributed by atoms with E-state index in [0.717, 1.165) is 5.56 Å². The van der Waals surface area contributed by atoms with E-state index in [-0.39, 0.29) is 17.6 Å². The number of phenols is 1. The lowest BCUT2D eigenvalue weighted by Gasteiger charge is -2.25. The molecule has 142 valence electrons. The number of hydrogen-bond acceptors (Lipinski definition) is 4. The van der Waals surface area contributed by atoms with Crippen LogP contribution < -0.4 is 10.1 Å². The first-order valence-electron chi connectivity index (χ1n) is 8.65. The molecule has 0 saturated carbocycles. The second kappa shape index (κ2) is 7.88. The van der Waals surface area contributed by atoms with Crippen LogP contribution in [0, 0.1) is 6.92 Å². The Kier molecular flexibility index (Phi) is 5.56. The first-order valence-corrected chi connectivity index (χ1v) is 9.03. The molecule has 1 aliphatic heterocycles. The molecule has 2 aromatic carbocycles. The van der Waals surface area contributed by atoms with Crippen molar-refractivity contribution in [1.29, 1.82) is 0 Å². The second-order valence-electron chi connectivity index (χ2n) is 6.51. The van der Waals surface area contributed by atoms with Gasteiger partial charge in [-0.3, -0.25) is 9.59 Å². The molecule has 6 nitrogen and oxygen atoms in total. The van der Waals surface area contributed by atoms with E-state index in [0.29, 0.717) is 41.4 Å².